The zero-order chi connectivity index (χ0) is 18.8. The number of rotatable bonds is 2. The average Bonchev–Trinajstić information content (AvgIpc) is 3.50. The Kier molecular flexibility index (Phi) is 11.6. The van der Waals surface area contributed by atoms with Crippen LogP contribution >= 0.6 is 0 Å². The van der Waals surface area contributed by atoms with Gasteiger partial charge in [0.1, 0.15) is 0 Å². The topological polar surface area (TPSA) is 3.24 Å². The molecule has 0 unspecified atom stereocenters. The molecule has 2 atom stereocenters. The molecule has 4 aliphatic rings. The summed E-state index contributed by atoms with van der Waals surface area (Å²) in [5, 5.41) is 0. The van der Waals surface area contributed by atoms with Crippen LogP contribution in [-0.2, 0) is 32.7 Å². The minimum atomic E-state index is 0. The van der Waals surface area contributed by atoms with Gasteiger partial charge in [-0.05, 0) is 82.9 Å². The van der Waals surface area contributed by atoms with E-state index in [0.717, 1.165) is 13.1 Å². The molecule has 0 N–H and O–H groups in total. The van der Waals surface area contributed by atoms with Crippen LogP contribution in [-0.4, -0.2) is 18.0 Å². The summed E-state index contributed by atoms with van der Waals surface area (Å²) < 4.78 is 0. The van der Waals surface area contributed by atoms with E-state index in [2.05, 4.69) is 48.6 Å². The van der Waals surface area contributed by atoms with E-state index in [1.54, 1.807) is 0 Å². The maximum atomic E-state index is 4.39. The minimum Gasteiger partial charge on any atom is -0.341 e. The van der Waals surface area contributed by atoms with Crippen molar-refractivity contribution in [2.75, 3.05) is 13.1 Å². The minimum absolute atomic E-state index is 0. The second-order valence-corrected chi connectivity index (χ2v) is 7.61. The van der Waals surface area contributed by atoms with Crippen LogP contribution in [0.3, 0.4) is 0 Å². The fraction of sp³-hybridized carbons (Fsp3) is 0.308. The van der Waals surface area contributed by atoms with Crippen LogP contribution in [0.1, 0.15) is 24.8 Å². The van der Waals surface area contributed by atoms with Crippen molar-refractivity contribution in [3.63, 3.8) is 0 Å². The number of benzene rings is 1. The number of hydrogen-bond acceptors (Lipinski definition) is 1. The van der Waals surface area contributed by atoms with Gasteiger partial charge in [-0.3, -0.25) is 0 Å². The summed E-state index contributed by atoms with van der Waals surface area (Å²) in [6.07, 6.45) is 26.6. The van der Waals surface area contributed by atoms with Crippen molar-refractivity contribution < 1.29 is 26.2 Å². The second kappa shape index (κ2) is 13.4. The Hall–Kier alpha value is 0.0631. The van der Waals surface area contributed by atoms with Crippen LogP contribution in [0, 0.1) is 88.9 Å². The Labute approximate surface area is 194 Å². The third-order valence-electron chi connectivity index (χ3n) is 5.57. The van der Waals surface area contributed by atoms with E-state index in [-0.39, 0.29) is 26.2 Å². The molecule has 3 aliphatic carbocycles. The molecule has 4 fully saturated rings. The molecule has 2 heteroatoms. The Morgan fingerprint density at radius 1 is 0.893 bits per heavy atom. The Bertz CT molecular complexity index is 475. The van der Waals surface area contributed by atoms with Gasteiger partial charge in [-0.25, -0.2) is 0 Å². The monoisotopic (exact) mass is 447 g/mol. The van der Waals surface area contributed by atoms with Crippen molar-refractivity contribution in [1.29, 1.82) is 0 Å². The summed E-state index contributed by atoms with van der Waals surface area (Å²) in [5.41, 5.74) is 1.86. The van der Waals surface area contributed by atoms with Crippen molar-refractivity contribution in [2.24, 2.45) is 11.3 Å². The van der Waals surface area contributed by atoms with Gasteiger partial charge in [0.15, 0.2) is 0 Å². The van der Waals surface area contributed by atoms with E-state index in [1.165, 1.54) is 31.4 Å². The van der Waals surface area contributed by atoms with Gasteiger partial charge in [-0.2, -0.15) is 17.8 Å². The Morgan fingerprint density at radius 3 is 1.89 bits per heavy atom. The fourth-order valence-electron chi connectivity index (χ4n) is 4.14. The molecule has 3 saturated carbocycles. The van der Waals surface area contributed by atoms with E-state index in [1.807, 2.05) is 64.2 Å². The molecule has 10 radical (unpaired) electrons. The van der Waals surface area contributed by atoms with Crippen LogP contribution in [0.2, 0.25) is 0 Å². The Morgan fingerprint density at radius 2 is 1.43 bits per heavy atom. The molecule has 5 rings (SSSR count). The van der Waals surface area contributed by atoms with E-state index in [9.17, 15) is 0 Å². The summed E-state index contributed by atoms with van der Waals surface area (Å²) in [4.78, 5) is 2.58. The summed E-state index contributed by atoms with van der Waals surface area (Å²) in [5.74, 6) is 0.591. The number of hydrogen-bond donors (Lipinski definition) is 0. The van der Waals surface area contributed by atoms with Crippen LogP contribution in [0.5, 0.6) is 0 Å². The molecule has 1 spiro atoms. The quantitative estimate of drug-likeness (QED) is 0.550. The maximum Gasteiger partial charge on any atom is 2.00 e. The third-order valence-corrected chi connectivity index (χ3v) is 5.57. The van der Waals surface area contributed by atoms with Crippen LogP contribution in [0.15, 0.2) is 30.3 Å². The zero-order valence-electron chi connectivity index (χ0n) is 16.7. The van der Waals surface area contributed by atoms with E-state index >= 15 is 0 Å². The zero-order valence-corrected chi connectivity index (χ0v) is 19.2. The maximum absolute atomic E-state index is 4.39. The summed E-state index contributed by atoms with van der Waals surface area (Å²) in [6.45, 7) is 7.85. The van der Waals surface area contributed by atoms with Gasteiger partial charge in [0.25, 0.3) is 0 Å². The summed E-state index contributed by atoms with van der Waals surface area (Å²) in [7, 11) is 0. The van der Waals surface area contributed by atoms with Gasteiger partial charge in [0, 0.05) is 6.54 Å². The molecule has 0 amide bonds. The SMILES string of the molecule is [CH2-][C@@H]1CN(Cc2ccccc2)C[C@]12[CH-]CCC2.[CH]1[CH][CH][CH][CH]1.[CH]1[CH][CH][CH][CH]1.[Zr+2]. The van der Waals surface area contributed by atoms with Crippen LogP contribution < -0.4 is 0 Å². The molecular weight excluding hydrogens is 418 g/mol. The summed E-state index contributed by atoms with van der Waals surface area (Å²) >= 11 is 0. The molecule has 1 aromatic rings. The van der Waals surface area contributed by atoms with Gasteiger partial charge in [0.2, 0.25) is 0 Å². The Balaban J connectivity index is 0.000000209. The van der Waals surface area contributed by atoms with E-state index < -0.39 is 0 Å². The first-order valence-corrected chi connectivity index (χ1v) is 10.1. The number of nitrogens with zero attached hydrogens (tertiary/aromatic N) is 1. The van der Waals surface area contributed by atoms with Crippen LogP contribution in [0.4, 0.5) is 0 Å². The third kappa shape index (κ3) is 7.72. The molecular formula is C26H31NZr. The van der Waals surface area contributed by atoms with Crippen molar-refractivity contribution in [3.8, 4) is 0 Å². The molecule has 1 nitrogen and oxygen atoms in total. The summed E-state index contributed by atoms with van der Waals surface area (Å²) in [6, 6.07) is 10.8. The van der Waals surface area contributed by atoms with E-state index in [4.69, 9.17) is 0 Å². The van der Waals surface area contributed by atoms with Gasteiger partial charge >= 0.3 is 26.2 Å². The first-order valence-electron chi connectivity index (χ1n) is 10.1. The predicted molar refractivity (Wildman–Crippen MR) is 114 cm³/mol. The molecule has 0 bridgehead atoms. The molecule has 1 heterocycles. The fourth-order valence-corrected chi connectivity index (χ4v) is 4.14. The first kappa shape index (κ1) is 24.3. The smallest absolute Gasteiger partial charge is 0.341 e. The molecule has 1 aliphatic heterocycles. The van der Waals surface area contributed by atoms with Crippen molar-refractivity contribution in [1.82, 2.24) is 4.90 Å². The molecule has 144 valence electrons. The average molecular weight is 449 g/mol. The van der Waals surface area contributed by atoms with Crippen molar-refractivity contribution >= 4 is 0 Å². The van der Waals surface area contributed by atoms with Crippen molar-refractivity contribution in [3.05, 3.63) is 113 Å². The predicted octanol–water partition coefficient (Wildman–Crippen LogP) is 5.37. The molecule has 1 saturated heterocycles. The molecule has 28 heavy (non-hydrogen) atoms. The van der Waals surface area contributed by atoms with Gasteiger partial charge in [-0.15, -0.1) is 0 Å². The van der Waals surface area contributed by atoms with Gasteiger partial charge < -0.3 is 18.2 Å². The molecule has 0 aromatic heterocycles. The normalized spacial score (nSPS) is 29.0. The first-order chi connectivity index (χ1) is 13.3. The second-order valence-electron chi connectivity index (χ2n) is 7.61. The standard InChI is InChI=1S/C16H21N.2C5H5.Zr/c1-14-11-17(12-15-7-3-2-4-8-15)13-16(14)9-5-6-10-16;2*1-2-4-5-3-1;/h2-4,7-9,14H,1,5-6,10-13H2;2*1-5H;/q-2;;;+2/t14-,16-;;;/m1.../s1. The number of likely N-dealkylation sites (tertiary alicyclic amines) is 1. The van der Waals surface area contributed by atoms with Crippen LogP contribution in [0.25, 0.3) is 0 Å². The van der Waals surface area contributed by atoms with Gasteiger partial charge in [-0.1, -0.05) is 43.2 Å². The largest absolute Gasteiger partial charge is 2.00 e. The van der Waals surface area contributed by atoms with Gasteiger partial charge in [0.05, 0.1) is 0 Å². The van der Waals surface area contributed by atoms with E-state index in [0.29, 0.717) is 11.3 Å². The van der Waals surface area contributed by atoms with Crippen molar-refractivity contribution in [2.45, 2.75) is 25.8 Å². The molecule has 1 aromatic carbocycles.